The lowest BCUT2D eigenvalue weighted by Gasteiger charge is -1.91. The van der Waals surface area contributed by atoms with Gasteiger partial charge in [-0.25, -0.2) is 4.79 Å². The second-order valence-corrected chi connectivity index (χ2v) is 3.81. The molecule has 1 aromatic carbocycles. The number of hydrogen-bond acceptors (Lipinski definition) is 3. The van der Waals surface area contributed by atoms with Gasteiger partial charge >= 0.3 is 0 Å². The number of fused-ring (bicyclic) bond motifs is 1. The normalized spacial score (nSPS) is 13.5. The third kappa shape index (κ3) is 3.16. The molecule has 3 rings (SSSR count). The summed E-state index contributed by atoms with van der Waals surface area (Å²) in [7, 11) is 0. The van der Waals surface area contributed by atoms with Crippen LogP contribution in [0.5, 0.6) is 0 Å². The lowest BCUT2D eigenvalue weighted by molar-refractivity contribution is 0.565. The maximum absolute atomic E-state index is 9.78. The molecule has 86 valence electrons. The SMILES string of the molecule is O=C=C1CCCN1.c1ccc2ncccc2c1. The molecule has 1 aromatic heterocycles. The van der Waals surface area contributed by atoms with Crippen molar-refractivity contribution in [2.24, 2.45) is 0 Å². The number of nitrogens with zero attached hydrogens (tertiary/aromatic N) is 1. The minimum Gasteiger partial charge on any atom is -0.379 e. The summed E-state index contributed by atoms with van der Waals surface area (Å²) in [6, 6.07) is 12.1. The number of para-hydroxylation sites is 1. The molecule has 0 saturated carbocycles. The van der Waals surface area contributed by atoms with Crippen molar-refractivity contribution >= 4 is 16.8 Å². The molecule has 2 heterocycles. The van der Waals surface area contributed by atoms with Crippen molar-refractivity contribution in [1.82, 2.24) is 10.3 Å². The van der Waals surface area contributed by atoms with Crippen LogP contribution in [0.1, 0.15) is 12.8 Å². The minimum atomic E-state index is 0.736. The van der Waals surface area contributed by atoms with Gasteiger partial charge in [0, 0.05) is 18.1 Å². The van der Waals surface area contributed by atoms with Crippen molar-refractivity contribution in [2.75, 3.05) is 6.54 Å². The fraction of sp³-hybridized carbons (Fsp3) is 0.214. The van der Waals surface area contributed by atoms with E-state index >= 15 is 0 Å². The zero-order valence-electron chi connectivity index (χ0n) is 9.52. The molecular weight excluding hydrogens is 212 g/mol. The molecule has 0 bridgehead atoms. The topological polar surface area (TPSA) is 42.0 Å². The van der Waals surface area contributed by atoms with Crippen LogP contribution in [0.2, 0.25) is 0 Å². The predicted molar refractivity (Wildman–Crippen MR) is 68.2 cm³/mol. The summed E-state index contributed by atoms with van der Waals surface area (Å²) in [4.78, 5) is 14.0. The highest BCUT2D eigenvalue weighted by Gasteiger charge is 2.03. The van der Waals surface area contributed by atoms with Gasteiger partial charge in [0.05, 0.1) is 11.2 Å². The molecule has 3 heteroatoms. The van der Waals surface area contributed by atoms with Crippen LogP contribution in [0.4, 0.5) is 0 Å². The van der Waals surface area contributed by atoms with E-state index in [0.29, 0.717) is 0 Å². The first-order chi connectivity index (χ1) is 8.40. The Morgan fingerprint density at radius 1 is 1.18 bits per heavy atom. The second-order valence-electron chi connectivity index (χ2n) is 3.81. The van der Waals surface area contributed by atoms with Crippen LogP contribution in [0, 0.1) is 0 Å². The summed E-state index contributed by atoms with van der Waals surface area (Å²) in [5.41, 5.74) is 1.80. The summed E-state index contributed by atoms with van der Waals surface area (Å²) in [5, 5.41) is 4.10. The molecule has 0 atom stereocenters. The van der Waals surface area contributed by atoms with Crippen LogP contribution in [0.25, 0.3) is 10.9 Å². The molecule has 1 aliphatic heterocycles. The Balaban J connectivity index is 0.000000136. The highest BCUT2D eigenvalue weighted by molar-refractivity contribution is 5.77. The molecule has 3 nitrogen and oxygen atoms in total. The summed E-state index contributed by atoms with van der Waals surface area (Å²) in [6.45, 7) is 0.949. The van der Waals surface area contributed by atoms with Gasteiger partial charge in [0.15, 0.2) is 0 Å². The number of carbonyl (C=O) groups excluding carboxylic acids is 1. The fourth-order valence-corrected chi connectivity index (χ4v) is 1.70. The molecule has 0 radical (unpaired) electrons. The standard InChI is InChI=1S/C9H7N.C5H7NO/c1-2-6-9-8(4-1)5-3-7-10-9;7-4-5-2-1-3-6-5/h1-7H;6H,1-3H2. The second kappa shape index (κ2) is 5.83. The molecule has 0 amide bonds. The van der Waals surface area contributed by atoms with E-state index in [1.54, 1.807) is 0 Å². The van der Waals surface area contributed by atoms with Crippen LogP contribution < -0.4 is 5.32 Å². The third-order valence-corrected chi connectivity index (χ3v) is 2.58. The molecule has 17 heavy (non-hydrogen) atoms. The first kappa shape index (κ1) is 11.4. The third-order valence-electron chi connectivity index (χ3n) is 2.58. The number of nitrogens with one attached hydrogen (secondary N) is 1. The fourth-order valence-electron chi connectivity index (χ4n) is 1.70. The van der Waals surface area contributed by atoms with E-state index < -0.39 is 0 Å². The van der Waals surface area contributed by atoms with Crippen LogP contribution in [0.15, 0.2) is 48.3 Å². The van der Waals surface area contributed by atoms with Crippen molar-refractivity contribution < 1.29 is 4.79 Å². The number of hydrogen-bond donors (Lipinski definition) is 1. The quantitative estimate of drug-likeness (QED) is 0.701. The molecule has 2 aromatic rings. The monoisotopic (exact) mass is 226 g/mol. The first-order valence-corrected chi connectivity index (χ1v) is 5.68. The minimum absolute atomic E-state index is 0.736. The van der Waals surface area contributed by atoms with Gasteiger partial charge in [-0.15, -0.1) is 0 Å². The van der Waals surface area contributed by atoms with Crippen molar-refractivity contribution in [3.8, 4) is 0 Å². The van der Waals surface area contributed by atoms with E-state index in [0.717, 1.165) is 30.6 Å². The molecule has 1 saturated heterocycles. The number of pyridine rings is 1. The molecule has 1 aliphatic rings. The number of rotatable bonds is 0. The lowest BCUT2D eigenvalue weighted by atomic mass is 10.2. The van der Waals surface area contributed by atoms with Crippen molar-refractivity contribution in [1.29, 1.82) is 0 Å². The van der Waals surface area contributed by atoms with Crippen molar-refractivity contribution in [3.63, 3.8) is 0 Å². The highest BCUT2D eigenvalue weighted by atomic mass is 16.1. The first-order valence-electron chi connectivity index (χ1n) is 5.68. The summed E-state index contributed by atoms with van der Waals surface area (Å²) in [6.07, 6.45) is 3.79. The predicted octanol–water partition coefficient (Wildman–Crippen LogP) is 2.32. The van der Waals surface area contributed by atoms with Gasteiger partial charge in [0.1, 0.15) is 5.94 Å². The van der Waals surface area contributed by atoms with Crippen LogP contribution >= 0.6 is 0 Å². The zero-order valence-corrected chi connectivity index (χ0v) is 9.52. The van der Waals surface area contributed by atoms with Gasteiger partial charge in [-0.3, -0.25) is 4.98 Å². The number of aromatic nitrogens is 1. The van der Waals surface area contributed by atoms with Gasteiger partial charge in [-0.1, -0.05) is 24.3 Å². The maximum Gasteiger partial charge on any atom is 0.145 e. The van der Waals surface area contributed by atoms with Crippen LogP contribution in [0.3, 0.4) is 0 Å². The van der Waals surface area contributed by atoms with Gasteiger partial charge in [0.2, 0.25) is 0 Å². The van der Waals surface area contributed by atoms with Gasteiger partial charge in [0.25, 0.3) is 0 Å². The average molecular weight is 226 g/mol. The Morgan fingerprint density at radius 3 is 2.65 bits per heavy atom. The van der Waals surface area contributed by atoms with Crippen LogP contribution in [-0.4, -0.2) is 17.5 Å². The largest absolute Gasteiger partial charge is 0.379 e. The Morgan fingerprint density at radius 2 is 2.00 bits per heavy atom. The van der Waals surface area contributed by atoms with Crippen molar-refractivity contribution in [2.45, 2.75) is 12.8 Å². The number of benzene rings is 1. The van der Waals surface area contributed by atoms with Gasteiger partial charge in [-0.05, 0) is 25.0 Å². The Kier molecular flexibility index (Phi) is 3.90. The summed E-state index contributed by atoms with van der Waals surface area (Å²) >= 11 is 0. The van der Waals surface area contributed by atoms with Gasteiger partial charge in [-0.2, -0.15) is 0 Å². The Labute approximate surface area is 100 Å². The van der Waals surface area contributed by atoms with Crippen molar-refractivity contribution in [3.05, 3.63) is 48.3 Å². The van der Waals surface area contributed by atoms with E-state index in [4.69, 9.17) is 0 Å². The smallest absolute Gasteiger partial charge is 0.145 e. The molecule has 1 N–H and O–H groups in total. The number of allylic oxidation sites excluding steroid dienone is 1. The van der Waals surface area contributed by atoms with E-state index in [1.807, 2.05) is 36.4 Å². The van der Waals surface area contributed by atoms with E-state index in [1.165, 1.54) is 5.39 Å². The van der Waals surface area contributed by atoms with Gasteiger partial charge < -0.3 is 5.32 Å². The molecule has 0 spiro atoms. The Bertz CT molecular complexity index is 471. The maximum atomic E-state index is 9.78. The molecule has 0 aliphatic carbocycles. The highest BCUT2D eigenvalue weighted by Crippen LogP contribution is 2.07. The average Bonchev–Trinajstić information content (AvgIpc) is 2.93. The van der Waals surface area contributed by atoms with E-state index in [2.05, 4.69) is 22.4 Å². The molecular formula is C14H14N2O. The Hall–Kier alpha value is -2.12. The summed E-state index contributed by atoms with van der Waals surface area (Å²) in [5.74, 6) is 1.82. The zero-order chi connectivity index (χ0) is 11.9. The summed E-state index contributed by atoms with van der Waals surface area (Å²) < 4.78 is 0. The van der Waals surface area contributed by atoms with Crippen LogP contribution in [-0.2, 0) is 4.79 Å². The lowest BCUT2D eigenvalue weighted by Crippen LogP contribution is -2.03. The molecule has 0 unspecified atom stereocenters. The van der Waals surface area contributed by atoms with E-state index in [9.17, 15) is 4.79 Å². The van der Waals surface area contributed by atoms with E-state index in [-0.39, 0.29) is 0 Å². The molecule has 1 fully saturated rings.